The van der Waals surface area contributed by atoms with Crippen molar-refractivity contribution in [3.63, 3.8) is 0 Å². The topological polar surface area (TPSA) is 35.5 Å². The molecule has 0 aliphatic carbocycles. The maximum atomic E-state index is 12.1. The normalized spacial score (nSPS) is 27.0. The number of halogens is 2. The minimum absolute atomic E-state index is 0.0287. The van der Waals surface area contributed by atoms with E-state index in [1.807, 2.05) is 6.92 Å². The van der Waals surface area contributed by atoms with Crippen LogP contribution in [0.15, 0.2) is 0 Å². The summed E-state index contributed by atoms with van der Waals surface area (Å²) in [6, 6.07) is 0.177. The van der Waals surface area contributed by atoms with Gasteiger partial charge in [-0.2, -0.15) is 0 Å². The van der Waals surface area contributed by atoms with Crippen LogP contribution >= 0.6 is 0 Å². The van der Waals surface area contributed by atoms with E-state index in [0.29, 0.717) is 5.92 Å². The summed E-state index contributed by atoms with van der Waals surface area (Å²) in [6.45, 7) is 4.09. The van der Waals surface area contributed by atoms with E-state index in [9.17, 15) is 8.78 Å². The third kappa shape index (κ3) is 4.31. The predicted molar refractivity (Wildman–Crippen MR) is 59.7 cm³/mol. The Hall–Kier alpha value is -0.260. The van der Waals surface area contributed by atoms with E-state index in [4.69, 9.17) is 5.11 Å². The molecule has 0 aromatic rings. The molecule has 2 N–H and O–H groups in total. The van der Waals surface area contributed by atoms with Crippen molar-refractivity contribution < 1.29 is 13.9 Å². The molecular weight excluding hydrogens is 214 g/mol. The molecule has 0 spiro atoms. The van der Waals surface area contributed by atoms with Gasteiger partial charge in [-0.15, -0.1) is 0 Å². The van der Waals surface area contributed by atoms with Gasteiger partial charge in [0.2, 0.25) is 0 Å². The molecule has 1 heterocycles. The van der Waals surface area contributed by atoms with Crippen LogP contribution in [0.5, 0.6) is 0 Å². The molecule has 96 valence electrons. The summed E-state index contributed by atoms with van der Waals surface area (Å²) in [7, 11) is 2.08. The minimum atomic E-state index is -2.66. The van der Waals surface area contributed by atoms with Crippen molar-refractivity contribution >= 4 is 0 Å². The predicted octanol–water partition coefficient (Wildman–Crippen LogP) is 0.932. The van der Waals surface area contributed by atoms with E-state index in [1.54, 1.807) is 0 Å². The summed E-state index contributed by atoms with van der Waals surface area (Å²) in [6.07, 6.45) is -1.93. The summed E-state index contributed by atoms with van der Waals surface area (Å²) < 4.78 is 24.2. The first-order chi connectivity index (χ1) is 7.50. The lowest BCUT2D eigenvalue weighted by Gasteiger charge is -2.34. The first kappa shape index (κ1) is 13.8. The lowest BCUT2D eigenvalue weighted by molar-refractivity contribution is -0.00592. The maximum absolute atomic E-state index is 12.1. The number of rotatable bonds is 5. The highest BCUT2D eigenvalue weighted by Gasteiger charge is 2.24. The van der Waals surface area contributed by atoms with Gasteiger partial charge >= 0.3 is 0 Å². The number of nitrogens with one attached hydrogen (secondary N) is 1. The Kier molecular flexibility index (Phi) is 5.58. The van der Waals surface area contributed by atoms with Crippen molar-refractivity contribution in [1.29, 1.82) is 0 Å². The van der Waals surface area contributed by atoms with Crippen LogP contribution in [0.1, 0.15) is 19.8 Å². The third-order valence-electron chi connectivity index (χ3n) is 3.31. The Labute approximate surface area is 95.8 Å². The first-order valence-electron chi connectivity index (χ1n) is 5.89. The standard InChI is InChI=1S/C11H22F2N2O/c1-8(14-6-10(16)11(12)13)9-4-3-5-15(2)7-9/h8-11,14,16H,3-7H2,1-2H3. The van der Waals surface area contributed by atoms with Crippen molar-refractivity contribution in [2.75, 3.05) is 26.7 Å². The number of aliphatic hydroxyl groups is 1. The van der Waals surface area contributed by atoms with E-state index in [0.717, 1.165) is 25.9 Å². The molecule has 1 rings (SSSR count). The second-order valence-electron chi connectivity index (χ2n) is 4.76. The van der Waals surface area contributed by atoms with Gasteiger partial charge in [0.15, 0.2) is 0 Å². The molecule has 1 aliphatic rings. The fourth-order valence-corrected chi connectivity index (χ4v) is 2.18. The Balaban J connectivity index is 2.26. The third-order valence-corrected chi connectivity index (χ3v) is 3.31. The van der Waals surface area contributed by atoms with E-state index < -0.39 is 12.5 Å². The Morgan fingerprint density at radius 1 is 1.50 bits per heavy atom. The highest BCUT2D eigenvalue weighted by Crippen LogP contribution is 2.18. The van der Waals surface area contributed by atoms with Gasteiger partial charge in [-0.25, -0.2) is 8.78 Å². The highest BCUT2D eigenvalue weighted by atomic mass is 19.3. The molecule has 3 atom stereocenters. The molecule has 1 aliphatic heterocycles. The number of aliphatic hydroxyl groups excluding tert-OH is 1. The van der Waals surface area contributed by atoms with E-state index in [-0.39, 0.29) is 12.6 Å². The van der Waals surface area contributed by atoms with Gasteiger partial charge in [-0.05, 0) is 39.3 Å². The van der Waals surface area contributed by atoms with Crippen molar-refractivity contribution in [2.24, 2.45) is 5.92 Å². The van der Waals surface area contributed by atoms with Crippen LogP contribution in [0, 0.1) is 5.92 Å². The number of piperidine rings is 1. The van der Waals surface area contributed by atoms with Crippen LogP contribution in [-0.2, 0) is 0 Å². The average Bonchev–Trinajstić information content (AvgIpc) is 2.25. The molecule has 1 fully saturated rings. The van der Waals surface area contributed by atoms with Gasteiger partial charge in [0.1, 0.15) is 6.10 Å². The van der Waals surface area contributed by atoms with Gasteiger partial charge in [0.25, 0.3) is 6.43 Å². The fourth-order valence-electron chi connectivity index (χ4n) is 2.18. The summed E-state index contributed by atoms with van der Waals surface area (Å²) in [5.41, 5.74) is 0. The number of alkyl halides is 2. The van der Waals surface area contributed by atoms with Crippen LogP contribution in [0.25, 0.3) is 0 Å². The van der Waals surface area contributed by atoms with E-state index >= 15 is 0 Å². The quantitative estimate of drug-likeness (QED) is 0.745. The molecule has 0 aromatic heterocycles. The van der Waals surface area contributed by atoms with Gasteiger partial charge in [0.05, 0.1) is 0 Å². The van der Waals surface area contributed by atoms with E-state index in [1.165, 1.54) is 0 Å². The number of hydrogen-bond acceptors (Lipinski definition) is 3. The number of hydrogen-bond donors (Lipinski definition) is 2. The first-order valence-corrected chi connectivity index (χ1v) is 5.89. The SMILES string of the molecule is CC(NCC(O)C(F)F)C1CCCN(C)C1. The van der Waals surface area contributed by atoms with E-state index in [2.05, 4.69) is 17.3 Å². The molecule has 1 saturated heterocycles. The monoisotopic (exact) mass is 236 g/mol. The second-order valence-corrected chi connectivity index (χ2v) is 4.76. The summed E-state index contributed by atoms with van der Waals surface area (Å²) in [4.78, 5) is 2.26. The number of likely N-dealkylation sites (tertiary alicyclic amines) is 1. The van der Waals surface area contributed by atoms with Crippen molar-refractivity contribution in [3.8, 4) is 0 Å². The molecule has 3 nitrogen and oxygen atoms in total. The molecule has 5 heteroatoms. The molecule has 0 amide bonds. The molecular formula is C11H22F2N2O. The Morgan fingerprint density at radius 2 is 2.19 bits per heavy atom. The van der Waals surface area contributed by atoms with Gasteiger partial charge in [-0.1, -0.05) is 0 Å². The molecule has 0 saturated carbocycles. The largest absolute Gasteiger partial charge is 0.386 e. The van der Waals surface area contributed by atoms with Gasteiger partial charge in [0, 0.05) is 19.1 Å². The molecule has 0 bridgehead atoms. The zero-order valence-electron chi connectivity index (χ0n) is 10.00. The lowest BCUT2D eigenvalue weighted by Crippen LogP contribution is -2.46. The smallest absolute Gasteiger partial charge is 0.265 e. The zero-order chi connectivity index (χ0) is 12.1. The highest BCUT2D eigenvalue weighted by molar-refractivity contribution is 4.80. The minimum Gasteiger partial charge on any atom is -0.386 e. The van der Waals surface area contributed by atoms with Crippen molar-refractivity contribution in [2.45, 2.75) is 38.3 Å². The average molecular weight is 236 g/mol. The van der Waals surface area contributed by atoms with Crippen LogP contribution < -0.4 is 5.32 Å². The van der Waals surface area contributed by atoms with Crippen LogP contribution in [0.4, 0.5) is 8.78 Å². The maximum Gasteiger partial charge on any atom is 0.265 e. The molecule has 0 aromatic carbocycles. The van der Waals surface area contributed by atoms with Crippen LogP contribution in [-0.4, -0.2) is 55.3 Å². The summed E-state index contributed by atoms with van der Waals surface area (Å²) in [5.74, 6) is 0.489. The van der Waals surface area contributed by atoms with Crippen LogP contribution in [0.2, 0.25) is 0 Å². The number of nitrogens with zero attached hydrogens (tertiary/aromatic N) is 1. The zero-order valence-corrected chi connectivity index (χ0v) is 10.00. The Morgan fingerprint density at radius 3 is 2.75 bits per heavy atom. The van der Waals surface area contributed by atoms with Crippen LogP contribution in [0.3, 0.4) is 0 Å². The fraction of sp³-hybridized carbons (Fsp3) is 1.00. The van der Waals surface area contributed by atoms with Gasteiger partial charge < -0.3 is 15.3 Å². The van der Waals surface area contributed by atoms with Crippen molar-refractivity contribution in [3.05, 3.63) is 0 Å². The summed E-state index contributed by atoms with van der Waals surface area (Å²) in [5, 5.41) is 12.0. The molecule has 16 heavy (non-hydrogen) atoms. The Bertz CT molecular complexity index is 204. The lowest BCUT2D eigenvalue weighted by atomic mass is 9.92. The molecule has 3 unspecified atom stereocenters. The summed E-state index contributed by atoms with van der Waals surface area (Å²) >= 11 is 0. The second kappa shape index (κ2) is 6.47. The van der Waals surface area contributed by atoms with Gasteiger partial charge in [-0.3, -0.25) is 0 Å². The van der Waals surface area contributed by atoms with Crippen molar-refractivity contribution in [1.82, 2.24) is 10.2 Å². The molecule has 0 radical (unpaired) electrons.